The number of hydrogen-bond acceptors (Lipinski definition) is 5. The molecule has 0 radical (unpaired) electrons. The molecule has 1 aliphatic rings. The van der Waals surface area contributed by atoms with Crippen LogP contribution in [0.15, 0.2) is 46.2 Å². The summed E-state index contributed by atoms with van der Waals surface area (Å²) in [7, 11) is -3.79. The van der Waals surface area contributed by atoms with Gasteiger partial charge in [0.1, 0.15) is 4.90 Å². The van der Waals surface area contributed by atoms with E-state index in [0.29, 0.717) is 29.5 Å². The number of nitrogens with zero attached hydrogens (tertiary/aromatic N) is 1. The van der Waals surface area contributed by atoms with Gasteiger partial charge in [0.15, 0.2) is 0 Å². The predicted molar refractivity (Wildman–Crippen MR) is 112 cm³/mol. The predicted octanol–water partition coefficient (Wildman–Crippen LogP) is 3.99. The number of halogens is 2. The molecule has 6 nitrogen and oxygen atoms in total. The van der Waals surface area contributed by atoms with E-state index in [1.807, 2.05) is 12.3 Å². The van der Waals surface area contributed by atoms with Crippen LogP contribution in [0.4, 0.5) is 5.69 Å². The lowest BCUT2D eigenvalue weighted by Crippen LogP contribution is -2.40. The summed E-state index contributed by atoms with van der Waals surface area (Å²) in [4.78, 5) is 13.5. The SMILES string of the molecule is CSc1ccc(Cl)c(C(=O)Nc2ccc(Cl)c(S(=O)(=O)N3CCOCC3)c2)c1. The van der Waals surface area contributed by atoms with Crippen LogP contribution in [0.3, 0.4) is 0 Å². The van der Waals surface area contributed by atoms with Crippen LogP contribution < -0.4 is 5.32 Å². The van der Waals surface area contributed by atoms with Crippen LogP contribution in [-0.2, 0) is 14.8 Å². The van der Waals surface area contributed by atoms with Gasteiger partial charge in [-0.3, -0.25) is 4.79 Å². The molecule has 0 saturated carbocycles. The molecule has 0 unspecified atom stereocenters. The second-order valence-corrected chi connectivity index (χ2v) is 9.56. The van der Waals surface area contributed by atoms with Crippen LogP contribution in [0.25, 0.3) is 0 Å². The molecular formula is C18H18Cl2N2O4S2. The number of nitrogens with one attached hydrogen (secondary N) is 1. The second-order valence-electron chi connectivity index (χ2n) is 5.96. The fraction of sp³-hybridized carbons (Fsp3) is 0.278. The van der Waals surface area contributed by atoms with Crippen molar-refractivity contribution in [1.29, 1.82) is 0 Å². The van der Waals surface area contributed by atoms with Gasteiger partial charge in [-0.15, -0.1) is 11.8 Å². The third-order valence-electron chi connectivity index (χ3n) is 4.20. The molecule has 0 aliphatic carbocycles. The maximum absolute atomic E-state index is 12.9. The molecule has 0 aromatic heterocycles. The number of benzene rings is 2. The second kappa shape index (κ2) is 9.02. The molecule has 1 fully saturated rings. The molecule has 28 heavy (non-hydrogen) atoms. The fourth-order valence-electron chi connectivity index (χ4n) is 2.71. The van der Waals surface area contributed by atoms with Gasteiger partial charge in [0, 0.05) is 23.7 Å². The first-order chi connectivity index (χ1) is 13.3. The number of anilines is 1. The number of amides is 1. The zero-order valence-electron chi connectivity index (χ0n) is 14.9. The summed E-state index contributed by atoms with van der Waals surface area (Å²) in [6, 6.07) is 9.51. The van der Waals surface area contributed by atoms with E-state index >= 15 is 0 Å². The Balaban J connectivity index is 1.88. The zero-order chi connectivity index (χ0) is 20.3. The van der Waals surface area contributed by atoms with Crippen LogP contribution in [0.5, 0.6) is 0 Å². The quantitative estimate of drug-likeness (QED) is 0.682. The lowest BCUT2D eigenvalue weighted by molar-refractivity contribution is 0.0730. The highest BCUT2D eigenvalue weighted by molar-refractivity contribution is 7.98. The number of carbonyl (C=O) groups is 1. The monoisotopic (exact) mass is 460 g/mol. The minimum atomic E-state index is -3.79. The largest absolute Gasteiger partial charge is 0.379 e. The highest BCUT2D eigenvalue weighted by Gasteiger charge is 2.28. The van der Waals surface area contributed by atoms with Crippen molar-refractivity contribution in [3.05, 3.63) is 52.0 Å². The number of hydrogen-bond donors (Lipinski definition) is 1. The minimum Gasteiger partial charge on any atom is -0.379 e. The van der Waals surface area contributed by atoms with E-state index < -0.39 is 15.9 Å². The molecule has 0 atom stereocenters. The third kappa shape index (κ3) is 4.64. The normalized spacial score (nSPS) is 15.4. The molecule has 1 aliphatic heterocycles. The molecule has 2 aromatic rings. The van der Waals surface area contributed by atoms with Gasteiger partial charge in [0.2, 0.25) is 10.0 Å². The van der Waals surface area contributed by atoms with E-state index in [2.05, 4.69) is 5.32 Å². The average molecular weight is 461 g/mol. The van der Waals surface area contributed by atoms with E-state index in [-0.39, 0.29) is 23.0 Å². The van der Waals surface area contributed by atoms with Crippen LogP contribution in [-0.4, -0.2) is 51.2 Å². The van der Waals surface area contributed by atoms with Gasteiger partial charge < -0.3 is 10.1 Å². The molecule has 0 spiro atoms. The molecule has 0 bridgehead atoms. The Morgan fingerprint density at radius 3 is 2.46 bits per heavy atom. The molecule has 2 aromatic carbocycles. The first kappa shape index (κ1) is 21.4. The maximum Gasteiger partial charge on any atom is 0.257 e. The lowest BCUT2D eigenvalue weighted by Gasteiger charge is -2.26. The Morgan fingerprint density at radius 2 is 1.79 bits per heavy atom. The van der Waals surface area contributed by atoms with Crippen molar-refractivity contribution in [2.75, 3.05) is 37.9 Å². The van der Waals surface area contributed by atoms with Gasteiger partial charge in [-0.2, -0.15) is 4.31 Å². The lowest BCUT2D eigenvalue weighted by atomic mass is 10.2. The van der Waals surface area contributed by atoms with Crippen molar-refractivity contribution >= 4 is 56.6 Å². The Morgan fingerprint density at radius 1 is 1.11 bits per heavy atom. The van der Waals surface area contributed by atoms with Crippen molar-refractivity contribution in [2.45, 2.75) is 9.79 Å². The van der Waals surface area contributed by atoms with Gasteiger partial charge in [-0.1, -0.05) is 23.2 Å². The summed E-state index contributed by atoms with van der Waals surface area (Å²) < 4.78 is 32.3. The Kier molecular flexibility index (Phi) is 6.90. The van der Waals surface area contributed by atoms with Crippen molar-refractivity contribution in [3.63, 3.8) is 0 Å². The third-order valence-corrected chi connectivity index (χ3v) is 7.63. The summed E-state index contributed by atoms with van der Waals surface area (Å²) in [5, 5.41) is 3.09. The average Bonchev–Trinajstić information content (AvgIpc) is 2.70. The molecule has 150 valence electrons. The van der Waals surface area contributed by atoms with Gasteiger partial charge in [0.25, 0.3) is 5.91 Å². The Bertz CT molecular complexity index is 993. The number of thioether (sulfide) groups is 1. The molecule has 1 N–H and O–H groups in total. The molecular weight excluding hydrogens is 443 g/mol. The standard InChI is InChI=1S/C18H18Cl2N2O4S2/c1-27-13-3-5-15(19)14(11-13)18(23)21-12-2-4-16(20)17(10-12)28(24,25)22-6-8-26-9-7-22/h2-5,10-11H,6-9H2,1H3,(H,21,23). The van der Waals surface area contributed by atoms with Gasteiger partial charge in [0.05, 0.1) is 28.8 Å². The van der Waals surface area contributed by atoms with Crippen molar-refractivity contribution in [2.24, 2.45) is 0 Å². The number of rotatable bonds is 5. The van der Waals surface area contributed by atoms with Crippen molar-refractivity contribution in [1.82, 2.24) is 4.31 Å². The molecule has 10 heteroatoms. The summed E-state index contributed by atoms with van der Waals surface area (Å²) in [6.07, 6.45) is 1.90. The maximum atomic E-state index is 12.9. The molecule has 1 heterocycles. The molecule has 3 rings (SSSR count). The van der Waals surface area contributed by atoms with Crippen LogP contribution in [0.1, 0.15) is 10.4 Å². The number of morpholine rings is 1. The van der Waals surface area contributed by atoms with Crippen LogP contribution >= 0.6 is 35.0 Å². The molecule has 1 saturated heterocycles. The fourth-order valence-corrected chi connectivity index (χ4v) is 5.26. The van der Waals surface area contributed by atoms with Crippen LogP contribution in [0.2, 0.25) is 10.0 Å². The first-order valence-corrected chi connectivity index (χ1v) is 11.8. The number of sulfonamides is 1. The topological polar surface area (TPSA) is 75.7 Å². The Hall–Kier alpha value is -1.29. The minimum absolute atomic E-state index is 0.0576. The van der Waals surface area contributed by atoms with Gasteiger partial charge >= 0.3 is 0 Å². The smallest absolute Gasteiger partial charge is 0.257 e. The molecule has 1 amide bonds. The summed E-state index contributed by atoms with van der Waals surface area (Å²) in [5.74, 6) is -0.432. The number of carbonyl (C=O) groups excluding carboxylic acids is 1. The Labute approximate surface area is 178 Å². The van der Waals surface area contributed by atoms with E-state index in [1.54, 1.807) is 18.2 Å². The van der Waals surface area contributed by atoms with E-state index in [4.69, 9.17) is 27.9 Å². The highest BCUT2D eigenvalue weighted by Crippen LogP contribution is 2.29. The zero-order valence-corrected chi connectivity index (χ0v) is 18.1. The van der Waals surface area contributed by atoms with Crippen LogP contribution in [0, 0.1) is 0 Å². The first-order valence-electron chi connectivity index (χ1n) is 8.35. The summed E-state index contributed by atoms with van der Waals surface area (Å²) in [5.41, 5.74) is 0.618. The van der Waals surface area contributed by atoms with Crippen molar-refractivity contribution < 1.29 is 17.9 Å². The van der Waals surface area contributed by atoms with Crippen molar-refractivity contribution in [3.8, 4) is 0 Å². The van der Waals surface area contributed by atoms with E-state index in [1.165, 1.54) is 28.2 Å². The van der Waals surface area contributed by atoms with Gasteiger partial charge in [-0.25, -0.2) is 8.42 Å². The summed E-state index contributed by atoms with van der Waals surface area (Å²) in [6.45, 7) is 1.17. The van der Waals surface area contributed by atoms with Gasteiger partial charge in [-0.05, 0) is 42.7 Å². The van der Waals surface area contributed by atoms with E-state index in [9.17, 15) is 13.2 Å². The highest BCUT2D eigenvalue weighted by atomic mass is 35.5. The summed E-state index contributed by atoms with van der Waals surface area (Å²) >= 11 is 13.8. The number of ether oxygens (including phenoxy) is 1. The van der Waals surface area contributed by atoms with E-state index in [0.717, 1.165) is 4.90 Å².